The van der Waals surface area contributed by atoms with Gasteiger partial charge in [-0.05, 0) is 12.1 Å². The summed E-state index contributed by atoms with van der Waals surface area (Å²) in [5, 5.41) is -1.05. The molecular formula is C13H10F3NO3S. The number of thiazole rings is 1. The molecule has 21 heavy (non-hydrogen) atoms. The van der Waals surface area contributed by atoms with Gasteiger partial charge >= 0.3 is 6.18 Å². The molecule has 0 saturated carbocycles. The molecule has 2 aromatic rings. The van der Waals surface area contributed by atoms with Crippen LogP contribution in [0.3, 0.4) is 0 Å². The minimum atomic E-state index is -4.56. The maximum Gasteiger partial charge on any atom is 0.443 e. The van der Waals surface area contributed by atoms with Gasteiger partial charge < -0.3 is 9.47 Å². The molecule has 0 N–H and O–H groups in total. The summed E-state index contributed by atoms with van der Waals surface area (Å²) in [7, 11) is 2.83. The Hall–Kier alpha value is -2.09. The third-order valence-corrected chi connectivity index (χ3v) is 3.63. The van der Waals surface area contributed by atoms with E-state index in [0.717, 1.165) is 6.20 Å². The molecule has 0 amide bonds. The highest BCUT2D eigenvalue weighted by atomic mass is 32.1. The monoisotopic (exact) mass is 317 g/mol. The number of rotatable bonds is 4. The van der Waals surface area contributed by atoms with Gasteiger partial charge in [0, 0.05) is 17.8 Å². The highest BCUT2D eigenvalue weighted by Gasteiger charge is 2.35. The summed E-state index contributed by atoms with van der Waals surface area (Å²) < 4.78 is 47.5. The van der Waals surface area contributed by atoms with Crippen LogP contribution >= 0.6 is 11.3 Å². The molecule has 0 aliphatic heterocycles. The van der Waals surface area contributed by atoms with E-state index in [9.17, 15) is 18.0 Å². The second kappa shape index (κ2) is 5.72. The summed E-state index contributed by atoms with van der Waals surface area (Å²) in [6.07, 6.45) is -3.64. The first-order chi connectivity index (χ1) is 9.85. The van der Waals surface area contributed by atoms with Crippen LogP contribution in [0.5, 0.6) is 11.5 Å². The third kappa shape index (κ3) is 3.33. The zero-order chi connectivity index (χ0) is 15.6. The number of ether oxygens (including phenoxy) is 2. The summed E-state index contributed by atoms with van der Waals surface area (Å²) in [6, 6.07) is 4.42. The molecule has 8 heteroatoms. The van der Waals surface area contributed by atoms with Gasteiger partial charge in [-0.2, -0.15) is 13.2 Å². The van der Waals surface area contributed by atoms with Crippen molar-refractivity contribution in [2.75, 3.05) is 14.2 Å². The van der Waals surface area contributed by atoms with E-state index in [-0.39, 0.29) is 10.4 Å². The van der Waals surface area contributed by atoms with Crippen LogP contribution in [0.2, 0.25) is 0 Å². The quantitative estimate of drug-likeness (QED) is 0.811. The van der Waals surface area contributed by atoms with Crippen LogP contribution in [0, 0.1) is 0 Å². The predicted octanol–water partition coefficient (Wildman–Crippen LogP) is 3.41. The van der Waals surface area contributed by atoms with E-state index in [2.05, 4.69) is 4.98 Å². The first-order valence-corrected chi connectivity index (χ1v) is 6.47. The lowest BCUT2D eigenvalue weighted by molar-refractivity contribution is -0.137. The van der Waals surface area contributed by atoms with E-state index < -0.39 is 17.0 Å². The van der Waals surface area contributed by atoms with Crippen molar-refractivity contribution < 1.29 is 27.4 Å². The van der Waals surface area contributed by atoms with E-state index in [1.807, 2.05) is 0 Å². The van der Waals surface area contributed by atoms with Crippen molar-refractivity contribution in [3.63, 3.8) is 0 Å². The Morgan fingerprint density at radius 2 is 1.71 bits per heavy atom. The Morgan fingerprint density at radius 1 is 1.14 bits per heavy atom. The molecule has 0 unspecified atom stereocenters. The van der Waals surface area contributed by atoms with E-state index in [0.29, 0.717) is 22.8 Å². The Morgan fingerprint density at radius 3 is 2.14 bits per heavy atom. The van der Waals surface area contributed by atoms with Crippen molar-refractivity contribution >= 4 is 17.1 Å². The first kappa shape index (κ1) is 15.3. The Labute approximate surface area is 122 Å². The van der Waals surface area contributed by atoms with Crippen molar-refractivity contribution in [2.24, 2.45) is 0 Å². The van der Waals surface area contributed by atoms with Gasteiger partial charge in [0.05, 0.1) is 19.1 Å². The average Bonchev–Trinajstić information content (AvgIpc) is 2.95. The lowest BCUT2D eigenvalue weighted by Crippen LogP contribution is -2.03. The maximum absolute atomic E-state index is 12.5. The van der Waals surface area contributed by atoms with E-state index in [1.54, 1.807) is 6.07 Å². The summed E-state index contributed by atoms with van der Waals surface area (Å²) in [4.78, 5) is 15.3. The number of hydrogen-bond donors (Lipinski definition) is 0. The SMILES string of the molecule is COc1cc(OC)cc(C(=O)c2cnc(C(F)(F)F)s2)c1. The van der Waals surface area contributed by atoms with Gasteiger partial charge in [-0.3, -0.25) is 4.79 Å². The Kier molecular flexibility index (Phi) is 4.17. The molecule has 0 fully saturated rings. The molecular weight excluding hydrogens is 307 g/mol. The van der Waals surface area contributed by atoms with Crippen LogP contribution in [0.4, 0.5) is 13.2 Å². The van der Waals surface area contributed by atoms with Crippen molar-refractivity contribution in [1.82, 2.24) is 4.98 Å². The fourth-order valence-electron chi connectivity index (χ4n) is 1.59. The molecule has 0 aliphatic carbocycles. The van der Waals surface area contributed by atoms with Gasteiger partial charge in [0.15, 0.2) is 5.01 Å². The van der Waals surface area contributed by atoms with Crippen molar-refractivity contribution in [2.45, 2.75) is 6.18 Å². The minimum absolute atomic E-state index is 0.0994. The minimum Gasteiger partial charge on any atom is -0.497 e. The fourth-order valence-corrected chi connectivity index (χ4v) is 2.34. The number of nitrogens with zero attached hydrogens (tertiary/aromatic N) is 1. The van der Waals surface area contributed by atoms with Crippen molar-refractivity contribution in [3.8, 4) is 11.5 Å². The summed E-state index contributed by atoms with van der Waals surface area (Å²) in [5.41, 5.74) is 0.170. The molecule has 0 radical (unpaired) electrons. The molecule has 0 spiro atoms. The lowest BCUT2D eigenvalue weighted by atomic mass is 10.1. The number of methoxy groups -OCH3 is 2. The van der Waals surface area contributed by atoms with E-state index in [4.69, 9.17) is 9.47 Å². The molecule has 4 nitrogen and oxygen atoms in total. The molecule has 1 heterocycles. The standard InChI is InChI=1S/C13H10F3NO3S/c1-19-8-3-7(4-9(5-8)20-2)11(18)10-6-17-12(21-10)13(14,15)16/h3-6H,1-2H3. The number of ketones is 1. The second-order valence-electron chi connectivity index (χ2n) is 3.96. The van der Waals surface area contributed by atoms with Crippen LogP contribution in [0.25, 0.3) is 0 Å². The van der Waals surface area contributed by atoms with Gasteiger partial charge in [-0.1, -0.05) is 0 Å². The van der Waals surface area contributed by atoms with Crippen molar-refractivity contribution in [3.05, 3.63) is 39.8 Å². The molecule has 1 aromatic heterocycles. The second-order valence-corrected chi connectivity index (χ2v) is 4.99. The molecule has 2 rings (SSSR count). The lowest BCUT2D eigenvalue weighted by Gasteiger charge is -2.06. The molecule has 1 aromatic carbocycles. The van der Waals surface area contributed by atoms with Crippen LogP contribution in [0.15, 0.2) is 24.4 Å². The van der Waals surface area contributed by atoms with Crippen LogP contribution in [-0.4, -0.2) is 25.0 Å². The molecule has 0 bridgehead atoms. The normalized spacial score (nSPS) is 11.3. The van der Waals surface area contributed by atoms with E-state index in [1.165, 1.54) is 26.4 Å². The number of carbonyl (C=O) groups is 1. The third-order valence-electron chi connectivity index (χ3n) is 2.59. The molecule has 0 atom stereocenters. The zero-order valence-corrected chi connectivity index (χ0v) is 11.8. The fraction of sp³-hybridized carbons (Fsp3) is 0.231. The number of halogens is 3. The predicted molar refractivity (Wildman–Crippen MR) is 70.1 cm³/mol. The summed E-state index contributed by atoms with van der Waals surface area (Å²) >= 11 is 0.302. The highest BCUT2D eigenvalue weighted by molar-refractivity contribution is 7.13. The zero-order valence-electron chi connectivity index (χ0n) is 11.0. The molecule has 112 valence electrons. The van der Waals surface area contributed by atoms with Gasteiger partial charge in [0.1, 0.15) is 11.5 Å². The maximum atomic E-state index is 12.5. The van der Waals surface area contributed by atoms with Crippen LogP contribution < -0.4 is 9.47 Å². The van der Waals surface area contributed by atoms with Gasteiger partial charge in [0.25, 0.3) is 0 Å². The van der Waals surface area contributed by atoms with E-state index >= 15 is 0 Å². The van der Waals surface area contributed by atoms with Gasteiger partial charge in [-0.25, -0.2) is 4.98 Å². The van der Waals surface area contributed by atoms with Crippen LogP contribution in [0.1, 0.15) is 20.2 Å². The Bertz CT molecular complexity index is 645. The number of alkyl halides is 3. The smallest absolute Gasteiger partial charge is 0.443 e. The van der Waals surface area contributed by atoms with Gasteiger partial charge in [-0.15, -0.1) is 11.3 Å². The molecule has 0 aliphatic rings. The topological polar surface area (TPSA) is 48.4 Å². The highest BCUT2D eigenvalue weighted by Crippen LogP contribution is 2.33. The molecule has 0 saturated heterocycles. The number of carbonyl (C=O) groups excluding carboxylic acids is 1. The summed E-state index contributed by atoms with van der Waals surface area (Å²) in [6.45, 7) is 0. The first-order valence-electron chi connectivity index (χ1n) is 5.66. The average molecular weight is 317 g/mol. The van der Waals surface area contributed by atoms with Crippen molar-refractivity contribution in [1.29, 1.82) is 0 Å². The number of benzene rings is 1. The largest absolute Gasteiger partial charge is 0.497 e. The van der Waals surface area contributed by atoms with Gasteiger partial charge in [0.2, 0.25) is 5.78 Å². The summed E-state index contributed by atoms with van der Waals surface area (Å²) in [5.74, 6) is 0.178. The number of aromatic nitrogens is 1. The number of hydrogen-bond acceptors (Lipinski definition) is 5. The Balaban J connectivity index is 2.38. The van der Waals surface area contributed by atoms with Crippen LogP contribution in [-0.2, 0) is 6.18 Å².